The number of methoxy groups -OCH3 is 1. The average molecular weight is 287 g/mol. The van der Waals surface area contributed by atoms with E-state index >= 15 is 0 Å². The van der Waals surface area contributed by atoms with E-state index in [4.69, 9.17) is 9.47 Å². The number of esters is 1. The molecule has 1 N–H and O–H groups in total. The van der Waals surface area contributed by atoms with Crippen molar-refractivity contribution in [1.82, 2.24) is 0 Å². The number of aliphatic hydroxyl groups excluding tert-OH is 1. The van der Waals surface area contributed by atoms with Gasteiger partial charge in [-0.2, -0.15) is 0 Å². The van der Waals surface area contributed by atoms with E-state index in [0.717, 1.165) is 5.56 Å². The first-order chi connectivity index (χ1) is 10.1. The molecule has 0 amide bonds. The summed E-state index contributed by atoms with van der Waals surface area (Å²) < 4.78 is 10.2. The van der Waals surface area contributed by atoms with Crippen molar-refractivity contribution in [3.63, 3.8) is 0 Å². The van der Waals surface area contributed by atoms with Crippen molar-refractivity contribution in [2.24, 2.45) is 4.99 Å². The Bertz CT molecular complexity index is 656. The molecule has 1 aromatic rings. The van der Waals surface area contributed by atoms with E-state index in [0.29, 0.717) is 17.2 Å². The zero-order valence-electron chi connectivity index (χ0n) is 12.2. The fraction of sp³-hybridized carbons (Fsp3) is 0.250. The molecule has 0 saturated heterocycles. The third kappa shape index (κ3) is 2.97. The summed E-state index contributed by atoms with van der Waals surface area (Å²) in [7, 11) is 1.57. The minimum atomic E-state index is -0.570. The van der Waals surface area contributed by atoms with Crippen molar-refractivity contribution in [2.75, 3.05) is 13.7 Å². The Morgan fingerprint density at radius 3 is 2.76 bits per heavy atom. The summed E-state index contributed by atoms with van der Waals surface area (Å²) in [6.07, 6.45) is 1.67. The van der Waals surface area contributed by atoms with E-state index in [9.17, 15) is 9.90 Å². The zero-order chi connectivity index (χ0) is 15.4. The van der Waals surface area contributed by atoms with Crippen molar-refractivity contribution in [1.29, 1.82) is 0 Å². The number of hydrogen-bond acceptors (Lipinski definition) is 5. The summed E-state index contributed by atoms with van der Waals surface area (Å²) in [4.78, 5) is 16.0. The molecule has 1 aliphatic rings. The van der Waals surface area contributed by atoms with Crippen molar-refractivity contribution in [3.05, 3.63) is 46.9 Å². The molecule has 0 spiro atoms. The largest absolute Gasteiger partial charge is 0.505 e. The van der Waals surface area contributed by atoms with Crippen LogP contribution in [0.15, 0.2) is 46.3 Å². The Labute approximate surface area is 123 Å². The molecule has 0 radical (unpaired) electrons. The second-order valence-corrected chi connectivity index (χ2v) is 4.41. The van der Waals surface area contributed by atoms with Crippen LogP contribution in [0.25, 0.3) is 6.08 Å². The molecule has 5 heteroatoms. The monoisotopic (exact) mass is 287 g/mol. The van der Waals surface area contributed by atoms with E-state index in [-0.39, 0.29) is 17.9 Å². The summed E-state index contributed by atoms with van der Waals surface area (Å²) in [5.41, 5.74) is 1.63. The Morgan fingerprint density at radius 2 is 2.10 bits per heavy atom. The van der Waals surface area contributed by atoms with Gasteiger partial charge in [0.05, 0.1) is 19.4 Å². The number of para-hydroxylation sites is 1. The van der Waals surface area contributed by atoms with Gasteiger partial charge in [-0.1, -0.05) is 18.2 Å². The first kappa shape index (κ1) is 14.8. The summed E-state index contributed by atoms with van der Waals surface area (Å²) in [5.74, 6) is -0.0771. The summed E-state index contributed by atoms with van der Waals surface area (Å²) in [5, 5.41) is 10.2. The fourth-order valence-corrected chi connectivity index (χ4v) is 2.07. The van der Waals surface area contributed by atoms with E-state index in [1.807, 2.05) is 24.3 Å². The maximum Gasteiger partial charge on any atom is 0.343 e. The molecule has 0 atom stereocenters. The van der Waals surface area contributed by atoms with Gasteiger partial charge in [0.15, 0.2) is 5.76 Å². The predicted molar refractivity (Wildman–Crippen MR) is 80.4 cm³/mol. The normalized spacial score (nSPS) is 16.1. The van der Waals surface area contributed by atoms with Gasteiger partial charge in [-0.3, -0.25) is 0 Å². The first-order valence-electron chi connectivity index (χ1n) is 6.59. The van der Waals surface area contributed by atoms with Crippen LogP contribution in [-0.4, -0.2) is 30.5 Å². The van der Waals surface area contributed by atoms with Crippen LogP contribution in [0.2, 0.25) is 0 Å². The Morgan fingerprint density at radius 1 is 1.38 bits per heavy atom. The minimum Gasteiger partial charge on any atom is -0.505 e. The highest BCUT2D eigenvalue weighted by molar-refractivity contribution is 6.22. The number of carbonyl (C=O) groups is 1. The van der Waals surface area contributed by atoms with Crippen molar-refractivity contribution in [3.8, 4) is 5.75 Å². The summed E-state index contributed by atoms with van der Waals surface area (Å²) >= 11 is 0. The average Bonchev–Trinajstić information content (AvgIpc) is 2.74. The quantitative estimate of drug-likeness (QED) is 0.865. The molecule has 0 saturated carbocycles. The molecule has 110 valence electrons. The van der Waals surface area contributed by atoms with E-state index < -0.39 is 5.97 Å². The standard InChI is InChI=1S/C16H17NO4/c1-4-21-16(19)14-10(2)17-12(15(14)18)9-11-7-5-6-8-13(11)20-3/h5-9,18H,4H2,1-3H3. The van der Waals surface area contributed by atoms with Gasteiger partial charge in [-0.25, -0.2) is 9.79 Å². The van der Waals surface area contributed by atoms with Crippen LogP contribution in [0.3, 0.4) is 0 Å². The fourth-order valence-electron chi connectivity index (χ4n) is 2.07. The summed E-state index contributed by atoms with van der Waals surface area (Å²) in [6.45, 7) is 3.61. The van der Waals surface area contributed by atoms with E-state index in [1.165, 1.54) is 0 Å². The highest BCUT2D eigenvalue weighted by Crippen LogP contribution is 2.28. The van der Waals surface area contributed by atoms with Gasteiger partial charge >= 0.3 is 5.97 Å². The molecule has 5 nitrogen and oxygen atoms in total. The molecular formula is C16H17NO4. The van der Waals surface area contributed by atoms with Crippen LogP contribution in [0.5, 0.6) is 5.75 Å². The van der Waals surface area contributed by atoms with Crippen molar-refractivity contribution >= 4 is 17.8 Å². The summed E-state index contributed by atoms with van der Waals surface area (Å²) in [6, 6.07) is 7.36. The van der Waals surface area contributed by atoms with Gasteiger partial charge in [0.1, 0.15) is 17.0 Å². The number of carbonyl (C=O) groups excluding carboxylic acids is 1. The van der Waals surface area contributed by atoms with Gasteiger partial charge in [0.25, 0.3) is 0 Å². The Hall–Kier alpha value is -2.56. The second-order valence-electron chi connectivity index (χ2n) is 4.41. The SMILES string of the molecule is CCOC(=O)C1=C(O)C(=Cc2ccccc2OC)N=C1C. The van der Waals surface area contributed by atoms with Crippen LogP contribution in [0, 0.1) is 0 Å². The van der Waals surface area contributed by atoms with Crippen molar-refractivity contribution in [2.45, 2.75) is 13.8 Å². The maximum atomic E-state index is 11.8. The number of benzene rings is 1. The van der Waals surface area contributed by atoms with Crippen LogP contribution >= 0.6 is 0 Å². The lowest BCUT2D eigenvalue weighted by Crippen LogP contribution is -2.13. The Balaban J connectivity index is 2.42. The van der Waals surface area contributed by atoms with Gasteiger partial charge in [-0.05, 0) is 26.0 Å². The Kier molecular flexibility index (Phi) is 4.42. The first-order valence-corrected chi connectivity index (χ1v) is 6.59. The smallest absolute Gasteiger partial charge is 0.343 e. The molecule has 1 aliphatic heterocycles. The van der Waals surface area contributed by atoms with Crippen LogP contribution in [0.1, 0.15) is 19.4 Å². The molecule has 1 heterocycles. The topological polar surface area (TPSA) is 68.1 Å². The van der Waals surface area contributed by atoms with Gasteiger partial charge in [0.2, 0.25) is 0 Å². The molecule has 0 fully saturated rings. The molecule has 0 aliphatic carbocycles. The molecule has 0 bridgehead atoms. The maximum absolute atomic E-state index is 11.8. The third-order valence-corrected chi connectivity index (χ3v) is 3.04. The highest BCUT2D eigenvalue weighted by atomic mass is 16.5. The van der Waals surface area contributed by atoms with Gasteiger partial charge in [0, 0.05) is 5.56 Å². The number of nitrogens with zero attached hydrogens (tertiary/aromatic N) is 1. The lowest BCUT2D eigenvalue weighted by atomic mass is 10.1. The molecule has 0 unspecified atom stereocenters. The lowest BCUT2D eigenvalue weighted by Gasteiger charge is -2.05. The molecule has 0 aromatic heterocycles. The third-order valence-electron chi connectivity index (χ3n) is 3.04. The van der Waals surface area contributed by atoms with Gasteiger partial charge < -0.3 is 14.6 Å². The number of ether oxygens (including phenoxy) is 2. The van der Waals surface area contributed by atoms with E-state index in [1.54, 1.807) is 27.0 Å². The lowest BCUT2D eigenvalue weighted by molar-refractivity contribution is -0.138. The zero-order valence-corrected chi connectivity index (χ0v) is 12.2. The molecule has 1 aromatic carbocycles. The van der Waals surface area contributed by atoms with Crippen LogP contribution < -0.4 is 4.74 Å². The molecular weight excluding hydrogens is 270 g/mol. The number of rotatable bonds is 4. The number of aliphatic imine (C=N–C) groups is 1. The van der Waals surface area contributed by atoms with E-state index in [2.05, 4.69) is 4.99 Å². The molecule has 2 rings (SSSR count). The van der Waals surface area contributed by atoms with Gasteiger partial charge in [-0.15, -0.1) is 0 Å². The minimum absolute atomic E-state index is 0.109. The molecule has 21 heavy (non-hydrogen) atoms. The van der Waals surface area contributed by atoms with Crippen LogP contribution in [0.4, 0.5) is 0 Å². The number of aliphatic hydroxyl groups is 1. The van der Waals surface area contributed by atoms with Crippen molar-refractivity contribution < 1.29 is 19.4 Å². The predicted octanol–water partition coefficient (Wildman–Crippen LogP) is 2.89. The highest BCUT2D eigenvalue weighted by Gasteiger charge is 2.27. The number of hydrogen-bond donors (Lipinski definition) is 1. The second kappa shape index (κ2) is 6.26. The van der Waals surface area contributed by atoms with Crippen LogP contribution in [-0.2, 0) is 9.53 Å².